The Balaban J connectivity index is 2.15. The number of hydrogen-bond acceptors (Lipinski definition) is 4. The Morgan fingerprint density at radius 3 is 2.42 bits per heavy atom. The third-order valence-corrected chi connectivity index (χ3v) is 4.17. The summed E-state index contributed by atoms with van der Waals surface area (Å²) in [5.74, 6) is 1.30. The van der Waals surface area contributed by atoms with E-state index in [-0.39, 0.29) is 0 Å². The number of aromatic nitrogens is 1. The quantitative estimate of drug-likeness (QED) is 0.832. The minimum absolute atomic E-state index is 0.527. The van der Waals surface area contributed by atoms with Crippen LogP contribution in [0.2, 0.25) is 10.0 Å². The van der Waals surface area contributed by atoms with Gasteiger partial charge in [0.25, 0.3) is 0 Å². The van der Waals surface area contributed by atoms with Crippen molar-refractivity contribution in [2.24, 2.45) is 0 Å². The van der Waals surface area contributed by atoms with Crippen molar-refractivity contribution in [3.8, 4) is 0 Å². The van der Waals surface area contributed by atoms with E-state index in [0.717, 1.165) is 6.54 Å². The molecule has 102 valence electrons. The molecule has 0 amide bonds. The Morgan fingerprint density at radius 2 is 1.84 bits per heavy atom. The summed E-state index contributed by atoms with van der Waals surface area (Å²) in [5, 5.41) is 11.7. The molecule has 0 aromatic carbocycles. The van der Waals surface area contributed by atoms with Crippen molar-refractivity contribution in [3.05, 3.63) is 38.0 Å². The molecule has 0 spiro atoms. The van der Waals surface area contributed by atoms with Gasteiger partial charge in [0.1, 0.15) is 11.6 Å². The normalized spacial score (nSPS) is 10.5. The minimum Gasteiger partial charge on any atom is -0.369 e. The van der Waals surface area contributed by atoms with Crippen LogP contribution in [-0.2, 0) is 6.54 Å². The number of halogens is 2. The van der Waals surface area contributed by atoms with Gasteiger partial charge in [0.2, 0.25) is 0 Å². The Morgan fingerprint density at radius 1 is 1.16 bits per heavy atom. The number of anilines is 2. The molecule has 0 atom stereocenters. The van der Waals surface area contributed by atoms with E-state index in [0.29, 0.717) is 28.2 Å². The van der Waals surface area contributed by atoms with Crippen molar-refractivity contribution in [1.82, 2.24) is 4.98 Å². The first kappa shape index (κ1) is 14.4. The molecule has 2 rings (SSSR count). The van der Waals surface area contributed by atoms with E-state index in [9.17, 15) is 0 Å². The molecule has 19 heavy (non-hydrogen) atoms. The van der Waals surface area contributed by atoms with Gasteiger partial charge in [0.15, 0.2) is 0 Å². The molecule has 3 nitrogen and oxygen atoms in total. The van der Waals surface area contributed by atoms with E-state index in [1.807, 2.05) is 6.92 Å². The van der Waals surface area contributed by atoms with E-state index >= 15 is 0 Å². The highest BCUT2D eigenvalue weighted by atomic mass is 35.5. The van der Waals surface area contributed by atoms with E-state index < -0.39 is 0 Å². The van der Waals surface area contributed by atoms with E-state index in [2.05, 4.69) is 33.3 Å². The Hall–Kier alpha value is -0.970. The van der Waals surface area contributed by atoms with E-state index in [4.69, 9.17) is 23.2 Å². The average Bonchev–Trinajstić information content (AvgIpc) is 2.77. The molecule has 0 fully saturated rings. The van der Waals surface area contributed by atoms with Gasteiger partial charge in [-0.05, 0) is 41.8 Å². The van der Waals surface area contributed by atoms with Crippen LogP contribution in [0.15, 0.2) is 16.8 Å². The van der Waals surface area contributed by atoms with Crippen molar-refractivity contribution in [2.45, 2.75) is 20.4 Å². The van der Waals surface area contributed by atoms with Crippen LogP contribution < -0.4 is 10.6 Å². The number of rotatable bonds is 5. The van der Waals surface area contributed by atoms with Crippen LogP contribution >= 0.6 is 34.5 Å². The lowest BCUT2D eigenvalue weighted by molar-refractivity contribution is 1.09. The molecule has 0 bridgehead atoms. The zero-order valence-corrected chi connectivity index (χ0v) is 13.1. The van der Waals surface area contributed by atoms with Gasteiger partial charge < -0.3 is 10.6 Å². The van der Waals surface area contributed by atoms with Crippen LogP contribution in [0.5, 0.6) is 0 Å². The number of aryl methyl sites for hydroxylation is 1. The molecule has 0 unspecified atom stereocenters. The van der Waals surface area contributed by atoms with Crippen molar-refractivity contribution >= 4 is 46.2 Å². The maximum atomic E-state index is 6.15. The molecule has 2 heterocycles. The summed E-state index contributed by atoms with van der Waals surface area (Å²) in [4.78, 5) is 4.41. The zero-order chi connectivity index (χ0) is 13.8. The molecule has 2 aromatic rings. The third kappa shape index (κ3) is 3.53. The van der Waals surface area contributed by atoms with Crippen molar-refractivity contribution in [2.75, 3.05) is 17.2 Å². The molecule has 0 saturated heterocycles. The third-order valence-electron chi connectivity index (χ3n) is 2.68. The molecule has 0 aliphatic carbocycles. The number of nitrogens with zero attached hydrogens (tertiary/aromatic N) is 1. The summed E-state index contributed by atoms with van der Waals surface area (Å²) in [5.41, 5.74) is 2.53. The van der Waals surface area contributed by atoms with Crippen LogP contribution in [0.1, 0.15) is 18.1 Å². The minimum atomic E-state index is 0.527. The Kier molecular flexibility index (Phi) is 4.91. The summed E-state index contributed by atoms with van der Waals surface area (Å²) in [6.07, 6.45) is 0. The topological polar surface area (TPSA) is 37.0 Å². The summed E-state index contributed by atoms with van der Waals surface area (Å²) in [6.45, 7) is 5.55. The lowest BCUT2D eigenvalue weighted by atomic mass is 10.2. The first-order valence-corrected chi connectivity index (χ1v) is 7.67. The maximum Gasteiger partial charge on any atom is 0.147 e. The Bertz CT molecular complexity index is 569. The highest BCUT2D eigenvalue weighted by molar-refractivity contribution is 7.08. The van der Waals surface area contributed by atoms with E-state index in [1.54, 1.807) is 17.4 Å². The fourth-order valence-electron chi connectivity index (χ4n) is 1.63. The molecular weight excluding hydrogens is 301 g/mol. The summed E-state index contributed by atoms with van der Waals surface area (Å²) < 4.78 is 0. The lowest BCUT2D eigenvalue weighted by Gasteiger charge is -2.11. The molecule has 2 N–H and O–H groups in total. The fraction of sp³-hybridized carbons (Fsp3) is 0.308. The van der Waals surface area contributed by atoms with Gasteiger partial charge in [-0.25, -0.2) is 4.98 Å². The molecule has 0 radical (unpaired) electrons. The predicted octanol–water partition coefficient (Wildman–Crippen LogP) is 4.80. The van der Waals surface area contributed by atoms with Gasteiger partial charge in [-0.3, -0.25) is 0 Å². The van der Waals surface area contributed by atoms with Crippen LogP contribution in [0, 0.1) is 6.92 Å². The number of nitrogens with one attached hydrogen (secondary N) is 2. The first-order valence-electron chi connectivity index (χ1n) is 5.97. The Labute approximate surface area is 127 Å². The summed E-state index contributed by atoms with van der Waals surface area (Å²) >= 11 is 13.9. The molecule has 0 aliphatic heterocycles. The van der Waals surface area contributed by atoms with Crippen molar-refractivity contribution in [1.29, 1.82) is 0 Å². The largest absolute Gasteiger partial charge is 0.369 e. The molecule has 6 heteroatoms. The van der Waals surface area contributed by atoms with Crippen molar-refractivity contribution in [3.63, 3.8) is 0 Å². The number of thiophene rings is 1. The van der Waals surface area contributed by atoms with Gasteiger partial charge in [-0.2, -0.15) is 11.3 Å². The second-order valence-corrected chi connectivity index (χ2v) is 5.67. The van der Waals surface area contributed by atoms with Gasteiger partial charge in [0.05, 0.1) is 10.0 Å². The smallest absolute Gasteiger partial charge is 0.147 e. The summed E-state index contributed by atoms with van der Waals surface area (Å²) in [7, 11) is 0. The van der Waals surface area contributed by atoms with Gasteiger partial charge >= 0.3 is 0 Å². The highest BCUT2D eigenvalue weighted by Crippen LogP contribution is 2.29. The highest BCUT2D eigenvalue weighted by Gasteiger charge is 2.09. The fourth-order valence-corrected chi connectivity index (χ4v) is 2.98. The summed E-state index contributed by atoms with van der Waals surface area (Å²) in [6, 6.07) is 1.71. The van der Waals surface area contributed by atoms with Crippen LogP contribution in [0.3, 0.4) is 0 Å². The second kappa shape index (κ2) is 6.46. The monoisotopic (exact) mass is 315 g/mol. The van der Waals surface area contributed by atoms with Gasteiger partial charge in [-0.15, -0.1) is 0 Å². The molecule has 0 saturated carbocycles. The predicted molar refractivity (Wildman–Crippen MR) is 84.8 cm³/mol. The first-order chi connectivity index (χ1) is 9.11. The van der Waals surface area contributed by atoms with Crippen LogP contribution in [-0.4, -0.2) is 11.5 Å². The second-order valence-electron chi connectivity index (χ2n) is 4.11. The SMILES string of the molecule is CCNc1nc(NCc2cscc2C)c(Cl)cc1Cl. The van der Waals surface area contributed by atoms with E-state index in [1.165, 1.54) is 11.1 Å². The van der Waals surface area contributed by atoms with Gasteiger partial charge in [-0.1, -0.05) is 23.2 Å². The molecule has 0 aliphatic rings. The van der Waals surface area contributed by atoms with Gasteiger partial charge in [0, 0.05) is 13.1 Å². The van der Waals surface area contributed by atoms with Crippen molar-refractivity contribution < 1.29 is 0 Å². The standard InChI is InChI=1S/C13H15Cl2N3S/c1-3-16-12-10(14)4-11(15)13(18-12)17-5-9-7-19-6-8(9)2/h4,6-7H,3,5H2,1-2H3,(H2,16,17,18). The zero-order valence-electron chi connectivity index (χ0n) is 10.8. The average molecular weight is 316 g/mol. The maximum absolute atomic E-state index is 6.15. The number of pyridine rings is 1. The number of hydrogen-bond donors (Lipinski definition) is 2. The van der Waals surface area contributed by atoms with Crippen LogP contribution in [0.25, 0.3) is 0 Å². The lowest BCUT2D eigenvalue weighted by Crippen LogP contribution is -2.06. The van der Waals surface area contributed by atoms with Crippen LogP contribution in [0.4, 0.5) is 11.6 Å². The molecule has 2 aromatic heterocycles. The molecular formula is C13H15Cl2N3S.